The standard InChI is InChI=1S/C13H20N2O2/c1-10-11(17-9-15)5-13(4,7-16-8-14)6-12(10,2)3/h10-11H,5-7H2,1-4H3. The molecule has 0 saturated heterocycles. The molecule has 0 spiro atoms. The van der Waals surface area contributed by atoms with Gasteiger partial charge >= 0.3 is 0 Å². The smallest absolute Gasteiger partial charge is 0.286 e. The first-order valence-electron chi connectivity index (χ1n) is 5.90. The molecule has 0 aromatic rings. The van der Waals surface area contributed by atoms with E-state index in [2.05, 4.69) is 27.7 Å². The van der Waals surface area contributed by atoms with Crippen molar-refractivity contribution in [1.82, 2.24) is 0 Å². The van der Waals surface area contributed by atoms with Crippen LogP contribution in [0.1, 0.15) is 40.5 Å². The van der Waals surface area contributed by atoms with Crippen molar-refractivity contribution in [3.05, 3.63) is 0 Å². The average Bonchev–Trinajstić information content (AvgIpc) is 2.22. The number of hydrogen-bond donors (Lipinski definition) is 0. The lowest BCUT2D eigenvalue weighted by Crippen LogP contribution is -2.47. The molecule has 0 amide bonds. The van der Waals surface area contributed by atoms with Gasteiger partial charge in [0.15, 0.2) is 0 Å². The second-order valence-electron chi connectivity index (χ2n) is 6.10. The van der Waals surface area contributed by atoms with Crippen molar-refractivity contribution in [3.8, 4) is 12.5 Å². The summed E-state index contributed by atoms with van der Waals surface area (Å²) in [7, 11) is 0. The van der Waals surface area contributed by atoms with Crippen molar-refractivity contribution in [2.75, 3.05) is 6.61 Å². The Labute approximate surface area is 103 Å². The van der Waals surface area contributed by atoms with E-state index in [0.29, 0.717) is 12.5 Å². The number of nitriles is 2. The normalized spacial score (nSPS) is 35.4. The molecule has 1 rings (SSSR count). The fraction of sp³-hybridized carbons (Fsp3) is 0.846. The molecule has 0 N–H and O–H groups in total. The maximum atomic E-state index is 8.70. The average molecular weight is 236 g/mol. The van der Waals surface area contributed by atoms with Crippen molar-refractivity contribution in [2.45, 2.75) is 46.6 Å². The zero-order chi connectivity index (χ0) is 13.1. The van der Waals surface area contributed by atoms with E-state index >= 15 is 0 Å². The lowest BCUT2D eigenvalue weighted by atomic mass is 9.59. The second kappa shape index (κ2) is 4.84. The third-order valence-electron chi connectivity index (χ3n) is 4.06. The van der Waals surface area contributed by atoms with Gasteiger partial charge in [0.1, 0.15) is 12.7 Å². The molecular weight excluding hydrogens is 216 g/mol. The van der Waals surface area contributed by atoms with Gasteiger partial charge in [0.25, 0.3) is 12.5 Å². The summed E-state index contributed by atoms with van der Waals surface area (Å²) >= 11 is 0. The fourth-order valence-electron chi connectivity index (χ4n) is 3.03. The monoisotopic (exact) mass is 236 g/mol. The Morgan fingerprint density at radius 1 is 1.24 bits per heavy atom. The first-order chi connectivity index (χ1) is 7.84. The lowest BCUT2D eigenvalue weighted by molar-refractivity contribution is -0.0778. The van der Waals surface area contributed by atoms with Crippen LogP contribution in [0.2, 0.25) is 0 Å². The molecule has 0 aromatic heterocycles. The first kappa shape index (κ1) is 13.6. The quantitative estimate of drug-likeness (QED) is 0.707. The molecule has 1 fully saturated rings. The van der Waals surface area contributed by atoms with Gasteiger partial charge in [0.2, 0.25) is 0 Å². The van der Waals surface area contributed by atoms with E-state index in [0.717, 1.165) is 12.8 Å². The van der Waals surface area contributed by atoms with Crippen LogP contribution in [0, 0.1) is 39.8 Å². The van der Waals surface area contributed by atoms with Crippen LogP contribution in [0.5, 0.6) is 0 Å². The van der Waals surface area contributed by atoms with Crippen molar-refractivity contribution >= 4 is 0 Å². The summed E-state index contributed by atoms with van der Waals surface area (Å²) in [4.78, 5) is 0. The summed E-state index contributed by atoms with van der Waals surface area (Å²) in [5.74, 6) is 0.317. The molecule has 0 radical (unpaired) electrons. The van der Waals surface area contributed by atoms with Crippen LogP contribution in [-0.2, 0) is 9.47 Å². The van der Waals surface area contributed by atoms with Crippen molar-refractivity contribution in [2.24, 2.45) is 16.7 Å². The van der Waals surface area contributed by atoms with Gasteiger partial charge in [-0.3, -0.25) is 0 Å². The third-order valence-corrected chi connectivity index (χ3v) is 4.06. The highest BCUT2D eigenvalue weighted by Crippen LogP contribution is 2.50. The molecule has 0 heterocycles. The molecule has 0 aliphatic heterocycles. The number of rotatable bonds is 3. The summed E-state index contributed by atoms with van der Waals surface area (Å²) in [6.07, 6.45) is 5.15. The first-order valence-corrected chi connectivity index (χ1v) is 5.90. The highest BCUT2D eigenvalue weighted by molar-refractivity contribution is 4.97. The molecule has 1 saturated carbocycles. The van der Waals surface area contributed by atoms with Crippen LogP contribution in [0.15, 0.2) is 0 Å². The van der Waals surface area contributed by atoms with Gasteiger partial charge in [-0.2, -0.15) is 10.5 Å². The summed E-state index contributed by atoms with van der Waals surface area (Å²) in [6.45, 7) is 8.95. The fourth-order valence-corrected chi connectivity index (χ4v) is 3.03. The number of ether oxygens (including phenoxy) is 2. The van der Waals surface area contributed by atoms with Gasteiger partial charge in [0.05, 0.1) is 0 Å². The minimum Gasteiger partial charge on any atom is -0.427 e. The molecule has 94 valence electrons. The highest BCUT2D eigenvalue weighted by atomic mass is 16.5. The summed E-state index contributed by atoms with van der Waals surface area (Å²) in [5.41, 5.74) is -0.0272. The molecule has 4 nitrogen and oxygen atoms in total. The van der Waals surface area contributed by atoms with Gasteiger partial charge in [-0.15, -0.1) is 0 Å². The Morgan fingerprint density at radius 3 is 2.41 bits per heavy atom. The maximum Gasteiger partial charge on any atom is 0.286 e. The lowest BCUT2D eigenvalue weighted by Gasteiger charge is -2.49. The molecule has 1 aliphatic rings. The molecule has 0 bridgehead atoms. The predicted molar refractivity (Wildman–Crippen MR) is 62.3 cm³/mol. The maximum absolute atomic E-state index is 8.70. The van der Waals surface area contributed by atoms with E-state index in [1.54, 1.807) is 12.5 Å². The van der Waals surface area contributed by atoms with Crippen LogP contribution in [-0.4, -0.2) is 12.7 Å². The Kier molecular flexibility index (Phi) is 3.88. The molecule has 3 unspecified atom stereocenters. The van der Waals surface area contributed by atoms with E-state index in [4.69, 9.17) is 20.0 Å². The van der Waals surface area contributed by atoms with Gasteiger partial charge in [-0.1, -0.05) is 27.7 Å². The van der Waals surface area contributed by atoms with E-state index in [-0.39, 0.29) is 16.9 Å². The molecule has 1 aliphatic carbocycles. The van der Waals surface area contributed by atoms with Gasteiger partial charge in [0, 0.05) is 5.41 Å². The van der Waals surface area contributed by atoms with Gasteiger partial charge < -0.3 is 9.47 Å². The van der Waals surface area contributed by atoms with Crippen LogP contribution in [0.25, 0.3) is 0 Å². The van der Waals surface area contributed by atoms with E-state index in [9.17, 15) is 0 Å². The van der Waals surface area contributed by atoms with Crippen molar-refractivity contribution in [3.63, 3.8) is 0 Å². The molecule has 0 aromatic carbocycles. The molecule has 4 heteroatoms. The summed E-state index contributed by atoms with van der Waals surface area (Å²) in [5, 5.41) is 17.2. The second-order valence-corrected chi connectivity index (χ2v) is 6.10. The van der Waals surface area contributed by atoms with E-state index in [1.165, 1.54) is 0 Å². The minimum absolute atomic E-state index is 0.0767. The zero-order valence-electron chi connectivity index (χ0n) is 11.0. The van der Waals surface area contributed by atoms with Crippen molar-refractivity contribution < 1.29 is 9.47 Å². The topological polar surface area (TPSA) is 66.0 Å². The Bertz CT molecular complexity index is 353. The number of nitrogens with zero attached hydrogens (tertiary/aromatic N) is 2. The number of hydrogen-bond acceptors (Lipinski definition) is 4. The summed E-state index contributed by atoms with van der Waals surface area (Å²) in [6, 6.07) is 0. The summed E-state index contributed by atoms with van der Waals surface area (Å²) < 4.78 is 10.1. The third kappa shape index (κ3) is 3.03. The van der Waals surface area contributed by atoms with Crippen LogP contribution in [0.3, 0.4) is 0 Å². The SMILES string of the molecule is CC1C(OC#N)CC(C)(COC#N)CC1(C)C. The Hall–Kier alpha value is -1.42. The van der Waals surface area contributed by atoms with Crippen LogP contribution < -0.4 is 0 Å². The van der Waals surface area contributed by atoms with Gasteiger partial charge in [-0.25, -0.2) is 0 Å². The Morgan fingerprint density at radius 2 is 1.88 bits per heavy atom. The highest BCUT2D eigenvalue weighted by Gasteiger charge is 2.47. The molecular formula is C13H20N2O2. The molecule has 3 atom stereocenters. The van der Waals surface area contributed by atoms with E-state index in [1.807, 2.05) is 0 Å². The van der Waals surface area contributed by atoms with Gasteiger partial charge in [-0.05, 0) is 24.2 Å². The molecule has 17 heavy (non-hydrogen) atoms. The Balaban J connectivity index is 2.85. The van der Waals surface area contributed by atoms with E-state index < -0.39 is 0 Å². The zero-order valence-corrected chi connectivity index (χ0v) is 11.0. The van der Waals surface area contributed by atoms with Crippen LogP contribution in [0.4, 0.5) is 0 Å². The largest absolute Gasteiger partial charge is 0.427 e. The predicted octanol–water partition coefficient (Wildman–Crippen LogP) is 2.81. The minimum atomic E-state index is -0.104. The van der Waals surface area contributed by atoms with Crippen LogP contribution >= 0.6 is 0 Å². The van der Waals surface area contributed by atoms with Crippen molar-refractivity contribution in [1.29, 1.82) is 10.5 Å².